The van der Waals surface area contributed by atoms with Crippen LogP contribution < -0.4 is 4.74 Å². The maximum atomic E-state index is 12.7. The number of hydrogen-bond acceptors (Lipinski definition) is 3. The molecule has 154 valence electrons. The van der Waals surface area contributed by atoms with Crippen molar-refractivity contribution in [3.05, 3.63) is 64.7 Å². The van der Waals surface area contributed by atoms with E-state index in [2.05, 4.69) is 0 Å². The lowest BCUT2D eigenvalue weighted by Crippen LogP contribution is -2.50. The van der Waals surface area contributed by atoms with Crippen molar-refractivity contribution in [2.75, 3.05) is 32.8 Å². The Morgan fingerprint density at radius 2 is 1.52 bits per heavy atom. The molecular formula is C24H30N2O3. The van der Waals surface area contributed by atoms with Crippen molar-refractivity contribution in [2.45, 2.75) is 33.6 Å². The van der Waals surface area contributed by atoms with Crippen LogP contribution in [0.15, 0.2) is 42.5 Å². The lowest BCUT2D eigenvalue weighted by Gasteiger charge is -2.35. The lowest BCUT2D eigenvalue weighted by molar-refractivity contribution is -0.132. The van der Waals surface area contributed by atoms with Gasteiger partial charge in [-0.2, -0.15) is 0 Å². The van der Waals surface area contributed by atoms with Gasteiger partial charge in [0.25, 0.3) is 5.91 Å². The minimum absolute atomic E-state index is 0.0479. The van der Waals surface area contributed by atoms with Crippen molar-refractivity contribution < 1.29 is 14.3 Å². The second-order valence-corrected chi connectivity index (χ2v) is 7.74. The molecule has 5 heteroatoms. The zero-order valence-corrected chi connectivity index (χ0v) is 17.6. The monoisotopic (exact) mass is 394 g/mol. The summed E-state index contributed by atoms with van der Waals surface area (Å²) >= 11 is 0. The zero-order valence-electron chi connectivity index (χ0n) is 17.6. The smallest absolute Gasteiger partial charge is 0.253 e. The highest BCUT2D eigenvalue weighted by Crippen LogP contribution is 2.15. The molecule has 0 radical (unpaired) electrons. The van der Waals surface area contributed by atoms with Gasteiger partial charge in [-0.3, -0.25) is 9.59 Å². The van der Waals surface area contributed by atoms with E-state index in [-0.39, 0.29) is 11.8 Å². The average molecular weight is 395 g/mol. The fourth-order valence-corrected chi connectivity index (χ4v) is 3.42. The van der Waals surface area contributed by atoms with Gasteiger partial charge in [-0.25, -0.2) is 0 Å². The molecule has 2 amide bonds. The van der Waals surface area contributed by atoms with E-state index in [9.17, 15) is 9.59 Å². The number of piperazine rings is 1. The standard InChI is InChI=1S/C24H30N2O3/c1-18-6-10-22(11-7-18)29-16-4-5-23(27)25-12-14-26(15-13-25)24(28)21-9-8-19(2)20(3)17-21/h6-11,17H,4-5,12-16H2,1-3H3. The molecule has 1 aliphatic rings. The van der Waals surface area contributed by atoms with E-state index < -0.39 is 0 Å². The number of nitrogens with zero attached hydrogens (tertiary/aromatic N) is 2. The summed E-state index contributed by atoms with van der Waals surface area (Å²) in [6, 6.07) is 13.7. The molecule has 0 saturated carbocycles. The van der Waals surface area contributed by atoms with Gasteiger partial charge < -0.3 is 14.5 Å². The second-order valence-electron chi connectivity index (χ2n) is 7.74. The highest BCUT2D eigenvalue weighted by Gasteiger charge is 2.24. The summed E-state index contributed by atoms with van der Waals surface area (Å²) in [5, 5.41) is 0. The molecule has 1 aliphatic heterocycles. The third-order valence-corrected chi connectivity index (χ3v) is 5.50. The topological polar surface area (TPSA) is 49.9 Å². The molecule has 29 heavy (non-hydrogen) atoms. The number of ether oxygens (including phenoxy) is 1. The molecule has 3 rings (SSSR count). The molecule has 1 heterocycles. The van der Waals surface area contributed by atoms with Crippen LogP contribution in [0, 0.1) is 20.8 Å². The predicted octanol–water partition coefficient (Wildman–Crippen LogP) is 3.76. The minimum atomic E-state index is 0.0479. The Kier molecular flexibility index (Phi) is 6.91. The minimum Gasteiger partial charge on any atom is -0.494 e. The lowest BCUT2D eigenvalue weighted by atomic mass is 10.1. The van der Waals surface area contributed by atoms with Crippen molar-refractivity contribution in [3.8, 4) is 5.75 Å². The highest BCUT2D eigenvalue weighted by molar-refractivity contribution is 5.94. The third kappa shape index (κ3) is 5.59. The summed E-state index contributed by atoms with van der Waals surface area (Å²) in [5.41, 5.74) is 4.23. The number of amides is 2. The van der Waals surface area contributed by atoms with Crippen molar-refractivity contribution >= 4 is 11.8 Å². The Hall–Kier alpha value is -2.82. The molecule has 0 bridgehead atoms. The van der Waals surface area contributed by atoms with E-state index in [0.717, 1.165) is 16.9 Å². The summed E-state index contributed by atoms with van der Waals surface area (Å²) in [6.45, 7) is 8.97. The van der Waals surface area contributed by atoms with Gasteiger partial charge in [0, 0.05) is 38.2 Å². The van der Waals surface area contributed by atoms with Crippen LogP contribution in [0.1, 0.15) is 39.9 Å². The fourth-order valence-electron chi connectivity index (χ4n) is 3.42. The predicted molar refractivity (Wildman–Crippen MR) is 114 cm³/mol. The Bertz CT molecular complexity index is 853. The molecular weight excluding hydrogens is 364 g/mol. The number of carbonyl (C=O) groups excluding carboxylic acids is 2. The number of hydrogen-bond donors (Lipinski definition) is 0. The van der Waals surface area contributed by atoms with E-state index in [1.807, 2.05) is 73.0 Å². The van der Waals surface area contributed by atoms with Crippen LogP contribution in [-0.2, 0) is 4.79 Å². The van der Waals surface area contributed by atoms with Crippen LogP contribution in [0.25, 0.3) is 0 Å². The van der Waals surface area contributed by atoms with Gasteiger partial charge in [0.05, 0.1) is 6.61 Å². The van der Waals surface area contributed by atoms with E-state index in [0.29, 0.717) is 45.6 Å². The number of carbonyl (C=O) groups is 2. The first-order valence-electron chi connectivity index (χ1n) is 10.3. The quantitative estimate of drug-likeness (QED) is 0.701. The van der Waals surface area contributed by atoms with Gasteiger partial charge in [0.2, 0.25) is 5.91 Å². The molecule has 1 saturated heterocycles. The summed E-state index contributed by atoms with van der Waals surface area (Å²) in [4.78, 5) is 28.9. The second kappa shape index (κ2) is 9.59. The first kappa shape index (κ1) is 20.9. The molecule has 2 aromatic carbocycles. The first-order valence-corrected chi connectivity index (χ1v) is 10.3. The molecule has 0 N–H and O–H groups in total. The van der Waals surface area contributed by atoms with Crippen LogP contribution in [-0.4, -0.2) is 54.4 Å². The van der Waals surface area contributed by atoms with Crippen LogP contribution in [0.5, 0.6) is 5.75 Å². The number of rotatable bonds is 6. The molecule has 0 unspecified atom stereocenters. The van der Waals surface area contributed by atoms with Crippen LogP contribution in [0.4, 0.5) is 0 Å². The van der Waals surface area contributed by atoms with Crippen molar-refractivity contribution in [2.24, 2.45) is 0 Å². The van der Waals surface area contributed by atoms with Crippen LogP contribution >= 0.6 is 0 Å². The first-order chi connectivity index (χ1) is 13.9. The Balaban J connectivity index is 1.40. The van der Waals surface area contributed by atoms with Crippen LogP contribution in [0.3, 0.4) is 0 Å². The highest BCUT2D eigenvalue weighted by atomic mass is 16.5. The van der Waals surface area contributed by atoms with E-state index in [1.54, 1.807) is 0 Å². The van der Waals surface area contributed by atoms with E-state index in [1.165, 1.54) is 11.1 Å². The normalized spacial score (nSPS) is 14.0. The zero-order chi connectivity index (χ0) is 20.8. The number of aryl methyl sites for hydroxylation is 3. The molecule has 0 spiro atoms. The van der Waals surface area contributed by atoms with Gasteiger partial charge in [0.15, 0.2) is 0 Å². The third-order valence-electron chi connectivity index (χ3n) is 5.50. The SMILES string of the molecule is Cc1ccc(OCCCC(=O)N2CCN(C(=O)c3ccc(C)c(C)c3)CC2)cc1. The number of benzene rings is 2. The van der Waals surface area contributed by atoms with E-state index >= 15 is 0 Å². The summed E-state index contributed by atoms with van der Waals surface area (Å²) in [7, 11) is 0. The van der Waals surface area contributed by atoms with Gasteiger partial charge in [-0.05, 0) is 62.6 Å². The van der Waals surface area contributed by atoms with Gasteiger partial charge in [-0.1, -0.05) is 23.8 Å². The van der Waals surface area contributed by atoms with Crippen molar-refractivity contribution in [3.63, 3.8) is 0 Å². The van der Waals surface area contributed by atoms with Gasteiger partial charge in [0.1, 0.15) is 5.75 Å². The van der Waals surface area contributed by atoms with E-state index in [4.69, 9.17) is 4.74 Å². The molecule has 2 aromatic rings. The molecule has 0 atom stereocenters. The Morgan fingerprint density at radius 3 is 2.17 bits per heavy atom. The Morgan fingerprint density at radius 1 is 0.862 bits per heavy atom. The maximum Gasteiger partial charge on any atom is 0.253 e. The largest absolute Gasteiger partial charge is 0.494 e. The molecule has 0 aliphatic carbocycles. The van der Waals surface area contributed by atoms with Crippen LogP contribution in [0.2, 0.25) is 0 Å². The summed E-state index contributed by atoms with van der Waals surface area (Å²) in [6.07, 6.45) is 1.16. The Labute approximate surface area is 173 Å². The van der Waals surface area contributed by atoms with Crippen molar-refractivity contribution in [1.82, 2.24) is 9.80 Å². The summed E-state index contributed by atoms with van der Waals surface area (Å²) < 4.78 is 5.69. The molecule has 0 aromatic heterocycles. The van der Waals surface area contributed by atoms with Gasteiger partial charge >= 0.3 is 0 Å². The van der Waals surface area contributed by atoms with Crippen molar-refractivity contribution in [1.29, 1.82) is 0 Å². The average Bonchev–Trinajstić information content (AvgIpc) is 2.74. The molecule has 5 nitrogen and oxygen atoms in total. The maximum absolute atomic E-state index is 12.7. The summed E-state index contributed by atoms with van der Waals surface area (Å²) in [5.74, 6) is 1.02. The fraction of sp³-hybridized carbons (Fsp3) is 0.417. The van der Waals surface area contributed by atoms with Gasteiger partial charge in [-0.15, -0.1) is 0 Å². The molecule has 1 fully saturated rings.